The molecule has 2 rings (SSSR count). The van der Waals surface area contributed by atoms with Gasteiger partial charge in [-0.1, -0.05) is 0 Å². The molecule has 2 N–H and O–H groups in total. The summed E-state index contributed by atoms with van der Waals surface area (Å²) in [5.74, 6) is 0. The third-order valence-corrected chi connectivity index (χ3v) is 3.30. The maximum atomic E-state index is 8.84. The number of hydrogen-bond donors (Lipinski definition) is 1. The minimum Gasteiger partial charge on any atom is -0.398 e. The van der Waals surface area contributed by atoms with E-state index in [0.29, 0.717) is 17.3 Å². The van der Waals surface area contributed by atoms with Gasteiger partial charge in [-0.05, 0) is 31.0 Å². The smallest absolute Gasteiger partial charge is 0.101 e. The van der Waals surface area contributed by atoms with Crippen molar-refractivity contribution < 1.29 is 4.74 Å². The number of nitrogens with two attached hydrogens (primary N) is 1. The minimum absolute atomic E-state index is 0.496. The molecule has 0 bridgehead atoms. The third-order valence-electron chi connectivity index (χ3n) is 3.30. The van der Waals surface area contributed by atoms with E-state index in [1.54, 1.807) is 6.07 Å². The minimum atomic E-state index is 0.496. The SMILES string of the molecule is CN(c1ccc(C#N)c(N)c1)C1CCOCC1. The van der Waals surface area contributed by atoms with E-state index >= 15 is 0 Å². The van der Waals surface area contributed by atoms with Gasteiger partial charge in [0.1, 0.15) is 6.07 Å². The van der Waals surface area contributed by atoms with Gasteiger partial charge < -0.3 is 15.4 Å². The van der Waals surface area contributed by atoms with E-state index in [-0.39, 0.29) is 0 Å². The van der Waals surface area contributed by atoms with E-state index in [4.69, 9.17) is 15.7 Å². The highest BCUT2D eigenvalue weighted by molar-refractivity contribution is 5.63. The summed E-state index contributed by atoms with van der Waals surface area (Å²) in [5, 5.41) is 8.84. The second-order valence-corrected chi connectivity index (χ2v) is 4.34. The molecule has 0 aromatic heterocycles. The Hall–Kier alpha value is -1.73. The molecule has 1 aliphatic heterocycles. The number of rotatable bonds is 2. The quantitative estimate of drug-likeness (QED) is 0.788. The number of nitrogens with zero attached hydrogens (tertiary/aromatic N) is 2. The van der Waals surface area contributed by atoms with E-state index in [9.17, 15) is 0 Å². The first-order valence-corrected chi connectivity index (χ1v) is 5.82. The number of hydrogen-bond acceptors (Lipinski definition) is 4. The highest BCUT2D eigenvalue weighted by atomic mass is 16.5. The first kappa shape index (κ1) is 11.7. The van der Waals surface area contributed by atoms with Gasteiger partial charge in [0.2, 0.25) is 0 Å². The molecular formula is C13H17N3O. The van der Waals surface area contributed by atoms with Gasteiger partial charge in [-0.3, -0.25) is 0 Å². The predicted octanol–water partition coefficient (Wildman–Crippen LogP) is 1.76. The molecule has 0 atom stereocenters. The Morgan fingerprint density at radius 1 is 1.41 bits per heavy atom. The molecule has 17 heavy (non-hydrogen) atoms. The Morgan fingerprint density at radius 3 is 2.71 bits per heavy atom. The van der Waals surface area contributed by atoms with Gasteiger partial charge in [-0.2, -0.15) is 5.26 Å². The first-order valence-electron chi connectivity index (χ1n) is 5.82. The van der Waals surface area contributed by atoms with E-state index in [2.05, 4.69) is 18.0 Å². The zero-order valence-electron chi connectivity index (χ0n) is 10.0. The van der Waals surface area contributed by atoms with Gasteiger partial charge in [-0.25, -0.2) is 0 Å². The summed E-state index contributed by atoms with van der Waals surface area (Å²) in [6, 6.07) is 8.17. The van der Waals surface area contributed by atoms with Crippen molar-refractivity contribution >= 4 is 11.4 Å². The Labute approximate surface area is 102 Å². The molecule has 1 aromatic rings. The summed E-state index contributed by atoms with van der Waals surface area (Å²) in [5.41, 5.74) is 7.97. The van der Waals surface area contributed by atoms with Crippen LogP contribution >= 0.6 is 0 Å². The van der Waals surface area contributed by atoms with Crippen LogP contribution in [0.25, 0.3) is 0 Å². The Balaban J connectivity index is 2.16. The molecule has 4 nitrogen and oxygen atoms in total. The predicted molar refractivity (Wildman–Crippen MR) is 67.8 cm³/mol. The van der Waals surface area contributed by atoms with Crippen molar-refractivity contribution in [3.05, 3.63) is 23.8 Å². The second kappa shape index (κ2) is 5.07. The van der Waals surface area contributed by atoms with Crippen LogP contribution < -0.4 is 10.6 Å². The van der Waals surface area contributed by atoms with E-state index < -0.39 is 0 Å². The topological polar surface area (TPSA) is 62.3 Å². The molecule has 0 aliphatic carbocycles. The highest BCUT2D eigenvalue weighted by Crippen LogP contribution is 2.24. The molecule has 1 fully saturated rings. The molecule has 0 unspecified atom stereocenters. The van der Waals surface area contributed by atoms with Crippen LogP contribution in [0.5, 0.6) is 0 Å². The van der Waals surface area contributed by atoms with Crippen LogP contribution in [0.15, 0.2) is 18.2 Å². The lowest BCUT2D eigenvalue weighted by Crippen LogP contribution is -2.36. The van der Waals surface area contributed by atoms with E-state index in [1.807, 2.05) is 12.1 Å². The average molecular weight is 231 g/mol. The Kier molecular flexibility index (Phi) is 3.50. The molecule has 0 radical (unpaired) electrons. The Bertz CT molecular complexity index is 433. The van der Waals surface area contributed by atoms with Crippen LogP contribution in [0.4, 0.5) is 11.4 Å². The Morgan fingerprint density at radius 2 is 2.12 bits per heavy atom. The standard InChI is InChI=1S/C13H17N3O/c1-16(11-4-6-17-7-5-11)12-3-2-10(9-14)13(15)8-12/h2-3,8,11H,4-7,15H2,1H3. The lowest BCUT2D eigenvalue weighted by atomic mass is 10.1. The lowest BCUT2D eigenvalue weighted by Gasteiger charge is -2.33. The number of benzene rings is 1. The van der Waals surface area contributed by atoms with Gasteiger partial charge in [0.05, 0.1) is 11.3 Å². The van der Waals surface area contributed by atoms with Crippen molar-refractivity contribution in [1.29, 1.82) is 5.26 Å². The molecule has 1 saturated heterocycles. The van der Waals surface area contributed by atoms with Crippen LogP contribution in [0.2, 0.25) is 0 Å². The molecule has 90 valence electrons. The molecule has 4 heteroatoms. The zero-order chi connectivity index (χ0) is 12.3. The number of nitrogen functional groups attached to an aromatic ring is 1. The molecule has 1 aromatic carbocycles. The third kappa shape index (κ3) is 2.51. The molecule has 0 saturated carbocycles. The maximum Gasteiger partial charge on any atom is 0.101 e. The summed E-state index contributed by atoms with van der Waals surface area (Å²) in [4.78, 5) is 2.22. The van der Waals surface area contributed by atoms with E-state index in [0.717, 1.165) is 31.7 Å². The summed E-state index contributed by atoms with van der Waals surface area (Å²) in [6.07, 6.45) is 2.08. The van der Waals surface area contributed by atoms with Crippen molar-refractivity contribution in [3.8, 4) is 6.07 Å². The van der Waals surface area contributed by atoms with Crippen LogP contribution in [0, 0.1) is 11.3 Å². The van der Waals surface area contributed by atoms with Gasteiger partial charge >= 0.3 is 0 Å². The molecular weight excluding hydrogens is 214 g/mol. The van der Waals surface area contributed by atoms with Crippen LogP contribution in [0.3, 0.4) is 0 Å². The highest BCUT2D eigenvalue weighted by Gasteiger charge is 2.19. The molecule has 0 amide bonds. The fourth-order valence-corrected chi connectivity index (χ4v) is 2.15. The number of ether oxygens (including phenoxy) is 1. The van der Waals surface area contributed by atoms with Gasteiger partial charge in [-0.15, -0.1) is 0 Å². The van der Waals surface area contributed by atoms with Crippen molar-refractivity contribution in [2.75, 3.05) is 30.9 Å². The first-order chi connectivity index (χ1) is 8.22. The molecule has 1 aliphatic rings. The summed E-state index contributed by atoms with van der Waals surface area (Å²) >= 11 is 0. The van der Waals surface area contributed by atoms with Gasteiger partial charge in [0.25, 0.3) is 0 Å². The summed E-state index contributed by atoms with van der Waals surface area (Å²) in [6.45, 7) is 1.64. The van der Waals surface area contributed by atoms with Crippen molar-refractivity contribution in [3.63, 3.8) is 0 Å². The van der Waals surface area contributed by atoms with Crippen molar-refractivity contribution in [1.82, 2.24) is 0 Å². The van der Waals surface area contributed by atoms with Crippen LogP contribution in [-0.4, -0.2) is 26.3 Å². The van der Waals surface area contributed by atoms with Crippen LogP contribution in [-0.2, 0) is 4.74 Å². The summed E-state index contributed by atoms with van der Waals surface area (Å²) < 4.78 is 5.35. The van der Waals surface area contributed by atoms with Crippen molar-refractivity contribution in [2.45, 2.75) is 18.9 Å². The molecule has 0 spiro atoms. The second-order valence-electron chi connectivity index (χ2n) is 4.34. The zero-order valence-corrected chi connectivity index (χ0v) is 10.0. The monoisotopic (exact) mass is 231 g/mol. The average Bonchev–Trinajstić information content (AvgIpc) is 2.39. The van der Waals surface area contributed by atoms with Gasteiger partial charge in [0, 0.05) is 32.0 Å². The normalized spacial score (nSPS) is 16.5. The van der Waals surface area contributed by atoms with E-state index in [1.165, 1.54) is 0 Å². The fourth-order valence-electron chi connectivity index (χ4n) is 2.15. The fraction of sp³-hybridized carbons (Fsp3) is 0.462. The number of nitriles is 1. The summed E-state index contributed by atoms with van der Waals surface area (Å²) in [7, 11) is 2.07. The van der Waals surface area contributed by atoms with Gasteiger partial charge in [0.15, 0.2) is 0 Å². The van der Waals surface area contributed by atoms with Crippen molar-refractivity contribution in [2.24, 2.45) is 0 Å². The van der Waals surface area contributed by atoms with Crippen LogP contribution in [0.1, 0.15) is 18.4 Å². The molecule has 1 heterocycles. The maximum absolute atomic E-state index is 8.84. The lowest BCUT2D eigenvalue weighted by molar-refractivity contribution is 0.0855. The largest absolute Gasteiger partial charge is 0.398 e. The number of anilines is 2.